The maximum absolute atomic E-state index is 13.7. The van der Waals surface area contributed by atoms with Gasteiger partial charge in [0.2, 0.25) is 5.91 Å². The van der Waals surface area contributed by atoms with Crippen molar-refractivity contribution in [3.63, 3.8) is 0 Å². The van der Waals surface area contributed by atoms with Crippen molar-refractivity contribution >= 4 is 11.6 Å². The van der Waals surface area contributed by atoms with Crippen LogP contribution in [0.25, 0.3) is 0 Å². The van der Waals surface area contributed by atoms with Crippen molar-refractivity contribution < 1.29 is 13.9 Å². The number of piperidine rings is 1. The van der Waals surface area contributed by atoms with Gasteiger partial charge >= 0.3 is 0 Å². The van der Waals surface area contributed by atoms with Gasteiger partial charge < -0.3 is 15.4 Å². The SMILES string of the molecule is COCC1(C(=O)Nc2cc(C)ccc2F)CCNCC1. The fourth-order valence-corrected chi connectivity index (χ4v) is 2.61. The average Bonchev–Trinajstić information content (AvgIpc) is 2.44. The van der Waals surface area contributed by atoms with Crippen LogP contribution in [0.15, 0.2) is 18.2 Å². The number of hydrogen-bond donors (Lipinski definition) is 2. The van der Waals surface area contributed by atoms with Gasteiger partial charge in [-0.15, -0.1) is 0 Å². The number of benzene rings is 1. The summed E-state index contributed by atoms with van der Waals surface area (Å²) >= 11 is 0. The molecule has 1 aliphatic heterocycles. The molecule has 0 atom stereocenters. The molecule has 0 aromatic heterocycles. The molecule has 0 spiro atoms. The van der Waals surface area contributed by atoms with E-state index in [4.69, 9.17) is 4.74 Å². The molecule has 1 saturated heterocycles. The van der Waals surface area contributed by atoms with Gasteiger partial charge in [0, 0.05) is 7.11 Å². The third-order valence-electron chi connectivity index (χ3n) is 3.83. The van der Waals surface area contributed by atoms with E-state index in [1.807, 2.05) is 6.92 Å². The predicted molar refractivity (Wildman–Crippen MR) is 76.2 cm³/mol. The summed E-state index contributed by atoms with van der Waals surface area (Å²) in [7, 11) is 1.59. The van der Waals surface area contributed by atoms with Crippen molar-refractivity contribution in [2.75, 3.05) is 32.1 Å². The van der Waals surface area contributed by atoms with Gasteiger partial charge in [-0.3, -0.25) is 4.79 Å². The van der Waals surface area contributed by atoms with Gasteiger partial charge in [-0.1, -0.05) is 6.07 Å². The van der Waals surface area contributed by atoms with Crippen LogP contribution in [0.5, 0.6) is 0 Å². The number of methoxy groups -OCH3 is 1. The molecule has 0 unspecified atom stereocenters. The zero-order chi connectivity index (χ0) is 14.6. The highest BCUT2D eigenvalue weighted by Crippen LogP contribution is 2.31. The van der Waals surface area contributed by atoms with Gasteiger partial charge in [-0.2, -0.15) is 0 Å². The number of nitrogens with one attached hydrogen (secondary N) is 2. The van der Waals surface area contributed by atoms with E-state index < -0.39 is 11.2 Å². The van der Waals surface area contributed by atoms with Crippen LogP contribution in [0.1, 0.15) is 18.4 Å². The third-order valence-corrected chi connectivity index (χ3v) is 3.83. The number of aryl methyl sites for hydroxylation is 1. The number of anilines is 1. The Morgan fingerprint density at radius 2 is 2.15 bits per heavy atom. The molecule has 0 saturated carbocycles. The molecular weight excluding hydrogens is 259 g/mol. The van der Waals surface area contributed by atoms with E-state index in [1.165, 1.54) is 6.07 Å². The number of halogens is 1. The Labute approximate surface area is 118 Å². The maximum atomic E-state index is 13.7. The predicted octanol–water partition coefficient (Wildman–Crippen LogP) is 2.09. The lowest BCUT2D eigenvalue weighted by molar-refractivity contribution is -0.130. The molecule has 4 nitrogen and oxygen atoms in total. The topological polar surface area (TPSA) is 50.4 Å². The smallest absolute Gasteiger partial charge is 0.233 e. The average molecular weight is 280 g/mol. The van der Waals surface area contributed by atoms with Crippen molar-refractivity contribution in [2.24, 2.45) is 5.41 Å². The number of carbonyl (C=O) groups excluding carboxylic acids is 1. The summed E-state index contributed by atoms with van der Waals surface area (Å²) in [6, 6.07) is 4.70. The van der Waals surface area contributed by atoms with Crippen LogP contribution in [0.2, 0.25) is 0 Å². The van der Waals surface area contributed by atoms with Crippen LogP contribution in [0.4, 0.5) is 10.1 Å². The van der Waals surface area contributed by atoms with E-state index in [0.29, 0.717) is 19.4 Å². The second-order valence-electron chi connectivity index (χ2n) is 5.40. The van der Waals surface area contributed by atoms with E-state index >= 15 is 0 Å². The lowest BCUT2D eigenvalue weighted by Crippen LogP contribution is -2.47. The Morgan fingerprint density at radius 1 is 1.45 bits per heavy atom. The Hall–Kier alpha value is -1.46. The van der Waals surface area contributed by atoms with Crippen LogP contribution in [0.3, 0.4) is 0 Å². The molecule has 5 heteroatoms. The van der Waals surface area contributed by atoms with Crippen molar-refractivity contribution in [1.82, 2.24) is 5.32 Å². The summed E-state index contributed by atoms with van der Waals surface area (Å²) in [5, 5.41) is 5.95. The monoisotopic (exact) mass is 280 g/mol. The van der Waals surface area contributed by atoms with Gasteiger partial charge in [-0.25, -0.2) is 4.39 Å². The Balaban J connectivity index is 2.18. The van der Waals surface area contributed by atoms with E-state index in [1.54, 1.807) is 19.2 Å². The first kappa shape index (κ1) is 14.9. The molecular formula is C15H21FN2O2. The number of ether oxygens (including phenoxy) is 1. The number of carbonyl (C=O) groups is 1. The van der Waals surface area contributed by atoms with Crippen LogP contribution in [-0.2, 0) is 9.53 Å². The Bertz CT molecular complexity index is 479. The van der Waals surface area contributed by atoms with Crippen LogP contribution < -0.4 is 10.6 Å². The quantitative estimate of drug-likeness (QED) is 0.888. The normalized spacial score (nSPS) is 17.8. The molecule has 1 heterocycles. The maximum Gasteiger partial charge on any atom is 0.233 e. The van der Waals surface area contributed by atoms with E-state index in [9.17, 15) is 9.18 Å². The Kier molecular flexibility index (Phi) is 4.73. The van der Waals surface area contributed by atoms with Gasteiger partial charge in [0.1, 0.15) is 5.82 Å². The van der Waals surface area contributed by atoms with Gasteiger partial charge in [0.15, 0.2) is 0 Å². The summed E-state index contributed by atoms with van der Waals surface area (Å²) < 4.78 is 19.0. The Morgan fingerprint density at radius 3 is 2.80 bits per heavy atom. The van der Waals surface area contributed by atoms with Gasteiger partial charge in [0.25, 0.3) is 0 Å². The van der Waals surface area contributed by atoms with E-state index in [2.05, 4.69) is 10.6 Å². The molecule has 2 rings (SSSR count). The molecule has 1 fully saturated rings. The summed E-state index contributed by atoms with van der Waals surface area (Å²) in [6.07, 6.45) is 1.39. The highest BCUT2D eigenvalue weighted by atomic mass is 19.1. The first-order chi connectivity index (χ1) is 9.57. The number of amides is 1. The molecule has 1 aliphatic rings. The summed E-state index contributed by atoms with van der Waals surface area (Å²) in [6.45, 7) is 3.76. The number of hydrogen-bond acceptors (Lipinski definition) is 3. The van der Waals surface area contributed by atoms with E-state index in [0.717, 1.165) is 18.7 Å². The highest BCUT2D eigenvalue weighted by Gasteiger charge is 2.39. The standard InChI is InChI=1S/C15H21FN2O2/c1-11-3-4-12(16)13(9-11)18-14(19)15(10-20-2)5-7-17-8-6-15/h3-4,9,17H,5-8,10H2,1-2H3,(H,18,19). The minimum Gasteiger partial charge on any atom is -0.384 e. The largest absolute Gasteiger partial charge is 0.384 e. The molecule has 20 heavy (non-hydrogen) atoms. The van der Waals surface area contributed by atoms with Crippen molar-refractivity contribution in [3.05, 3.63) is 29.6 Å². The molecule has 1 amide bonds. The fourth-order valence-electron chi connectivity index (χ4n) is 2.61. The second-order valence-corrected chi connectivity index (χ2v) is 5.40. The van der Waals surface area contributed by atoms with Crippen LogP contribution >= 0.6 is 0 Å². The van der Waals surface area contributed by atoms with Crippen LogP contribution in [0, 0.1) is 18.2 Å². The third kappa shape index (κ3) is 3.16. The second kappa shape index (κ2) is 6.33. The first-order valence-corrected chi connectivity index (χ1v) is 6.85. The minimum atomic E-state index is -0.573. The molecule has 2 N–H and O–H groups in total. The minimum absolute atomic E-state index is 0.162. The molecule has 0 radical (unpaired) electrons. The van der Waals surface area contributed by atoms with Crippen molar-refractivity contribution in [2.45, 2.75) is 19.8 Å². The lowest BCUT2D eigenvalue weighted by Gasteiger charge is -2.35. The molecule has 0 bridgehead atoms. The summed E-state index contributed by atoms with van der Waals surface area (Å²) in [5.74, 6) is -0.573. The van der Waals surface area contributed by atoms with Gasteiger partial charge in [-0.05, 0) is 50.6 Å². The molecule has 110 valence electrons. The molecule has 1 aromatic carbocycles. The van der Waals surface area contributed by atoms with Crippen molar-refractivity contribution in [1.29, 1.82) is 0 Å². The molecule has 1 aromatic rings. The zero-order valence-electron chi connectivity index (χ0n) is 12.0. The first-order valence-electron chi connectivity index (χ1n) is 6.85. The molecule has 0 aliphatic carbocycles. The van der Waals surface area contributed by atoms with Crippen molar-refractivity contribution in [3.8, 4) is 0 Å². The lowest BCUT2D eigenvalue weighted by atomic mass is 9.78. The van der Waals surface area contributed by atoms with E-state index in [-0.39, 0.29) is 11.6 Å². The highest BCUT2D eigenvalue weighted by molar-refractivity contribution is 5.95. The van der Waals surface area contributed by atoms with Gasteiger partial charge in [0.05, 0.1) is 17.7 Å². The fraction of sp³-hybridized carbons (Fsp3) is 0.533. The zero-order valence-corrected chi connectivity index (χ0v) is 12.0. The summed E-state index contributed by atoms with van der Waals surface area (Å²) in [5.41, 5.74) is 0.577. The summed E-state index contributed by atoms with van der Waals surface area (Å²) in [4.78, 5) is 12.6. The van der Waals surface area contributed by atoms with Crippen LogP contribution in [-0.4, -0.2) is 32.7 Å². The number of rotatable bonds is 4.